The van der Waals surface area contributed by atoms with E-state index in [1.807, 2.05) is 11.8 Å². The number of fused-ring (bicyclic) bond motifs is 3. The Kier molecular flexibility index (Phi) is 7.89. The quantitative estimate of drug-likeness (QED) is 0.173. The summed E-state index contributed by atoms with van der Waals surface area (Å²) in [6.07, 6.45) is 9.31. The topological polar surface area (TPSA) is 3.24 Å². The van der Waals surface area contributed by atoms with E-state index in [9.17, 15) is 0 Å². The van der Waals surface area contributed by atoms with Crippen LogP contribution in [0.5, 0.6) is 0 Å². The van der Waals surface area contributed by atoms with Crippen LogP contribution in [0.1, 0.15) is 94.9 Å². The Hall–Kier alpha value is -4.53. The molecule has 4 fully saturated rings. The lowest BCUT2D eigenvalue weighted by atomic mass is 9.42. The zero-order chi connectivity index (χ0) is 37.8. The van der Waals surface area contributed by atoms with Gasteiger partial charge in [-0.05, 0) is 160 Å². The normalized spacial score (nSPS) is 26.0. The molecule has 0 radical (unpaired) electrons. The average Bonchev–Trinajstić information content (AvgIpc) is 3.22. The van der Waals surface area contributed by atoms with Gasteiger partial charge in [0, 0.05) is 26.6 Å². The second kappa shape index (κ2) is 12.7. The number of benzene rings is 6. The van der Waals surface area contributed by atoms with Gasteiger partial charge in [-0.2, -0.15) is 0 Å². The third-order valence-corrected chi connectivity index (χ3v) is 16.3. The monoisotopic (exact) mass is 747 g/mol. The van der Waals surface area contributed by atoms with Crippen LogP contribution in [0.15, 0.2) is 149 Å². The molecule has 2 heteroatoms. The van der Waals surface area contributed by atoms with Crippen molar-refractivity contribution in [3.05, 3.63) is 162 Å². The van der Waals surface area contributed by atoms with E-state index in [-0.39, 0.29) is 16.2 Å². The van der Waals surface area contributed by atoms with Gasteiger partial charge in [-0.25, -0.2) is 0 Å². The molecule has 1 heterocycles. The van der Waals surface area contributed by atoms with Gasteiger partial charge < -0.3 is 4.90 Å². The maximum absolute atomic E-state index is 2.71. The van der Waals surface area contributed by atoms with Crippen molar-refractivity contribution in [2.45, 2.75) is 98.7 Å². The van der Waals surface area contributed by atoms with Gasteiger partial charge in [-0.1, -0.05) is 143 Å². The molecule has 1 spiro atoms. The molecular weight excluding hydrogens is 695 g/mol. The molecule has 6 aromatic carbocycles. The van der Waals surface area contributed by atoms with Gasteiger partial charge in [0.2, 0.25) is 0 Å². The summed E-state index contributed by atoms with van der Waals surface area (Å²) in [6.45, 7) is 9.89. The lowest BCUT2D eigenvalue weighted by molar-refractivity contribution is -0.0443. The maximum Gasteiger partial charge on any atom is 0.0502 e. The van der Waals surface area contributed by atoms with E-state index in [0.717, 1.165) is 11.8 Å². The molecule has 56 heavy (non-hydrogen) atoms. The van der Waals surface area contributed by atoms with Crippen LogP contribution in [0.3, 0.4) is 0 Å². The summed E-state index contributed by atoms with van der Waals surface area (Å²) in [4.78, 5) is 5.63. The van der Waals surface area contributed by atoms with E-state index >= 15 is 0 Å². The van der Waals surface area contributed by atoms with Crippen molar-refractivity contribution in [2.24, 2.45) is 23.7 Å². The Labute approximate surface area is 338 Å². The summed E-state index contributed by atoms with van der Waals surface area (Å²) in [6, 6.07) is 53.6. The van der Waals surface area contributed by atoms with Gasteiger partial charge in [-0.3, -0.25) is 0 Å². The molecule has 280 valence electrons. The third-order valence-electron chi connectivity index (χ3n) is 15.1. The molecule has 1 nitrogen and oxygen atoms in total. The summed E-state index contributed by atoms with van der Waals surface area (Å²) in [7, 11) is 0. The first-order chi connectivity index (χ1) is 27.2. The van der Waals surface area contributed by atoms with E-state index in [2.05, 4.69) is 172 Å². The molecule has 0 saturated heterocycles. The Balaban J connectivity index is 1.21. The summed E-state index contributed by atoms with van der Waals surface area (Å²) in [5.41, 5.74) is 15.4. The molecule has 0 aromatic heterocycles. The Morgan fingerprint density at radius 1 is 0.500 bits per heavy atom. The molecule has 12 rings (SSSR count). The van der Waals surface area contributed by atoms with Gasteiger partial charge in [0.25, 0.3) is 0 Å². The zero-order valence-corrected chi connectivity index (χ0v) is 34.2. The standard InChI is InChI=1S/C54H53NS/c1-52(2)26-27-53(3,4)50-46(52)19-13-20-48(50)55(42-24-22-38(23-25-42)37-14-7-5-8-15-37)43-33-44(39-16-9-6-10-17-39)51-47(34-43)54(45-18-11-12-21-49(45)56-51)40-29-35-28-36(31-40)32-41(54)30-35/h5-25,33-36,40-41H,26-32H2,1-4H3. The van der Waals surface area contributed by atoms with Gasteiger partial charge in [0.15, 0.2) is 0 Å². The highest BCUT2D eigenvalue weighted by atomic mass is 32.2. The lowest BCUT2D eigenvalue weighted by Crippen LogP contribution is -2.57. The van der Waals surface area contributed by atoms with E-state index in [0.29, 0.717) is 11.8 Å². The van der Waals surface area contributed by atoms with E-state index < -0.39 is 0 Å². The van der Waals surface area contributed by atoms with Crippen LogP contribution in [0.4, 0.5) is 17.1 Å². The Morgan fingerprint density at radius 2 is 1.09 bits per heavy atom. The summed E-state index contributed by atoms with van der Waals surface area (Å²) in [5, 5.41) is 0. The first kappa shape index (κ1) is 34.7. The van der Waals surface area contributed by atoms with Gasteiger partial charge in [0.1, 0.15) is 0 Å². The molecule has 0 atom stereocenters. The number of hydrogen-bond donors (Lipinski definition) is 0. The first-order valence-electron chi connectivity index (χ1n) is 21.3. The predicted octanol–water partition coefficient (Wildman–Crippen LogP) is 15.0. The minimum Gasteiger partial charge on any atom is -0.310 e. The SMILES string of the molecule is CC1(C)CCC(C)(C)c2c(N(c3ccc(-c4ccccc4)cc3)c3cc(-c4ccccc4)c4c(c3)C3(c5ccccc5S4)C4CC5CC(C4)CC3C5)cccc21. The number of nitrogens with zero attached hydrogens (tertiary/aromatic N) is 1. The molecule has 6 aliphatic rings. The average molecular weight is 748 g/mol. The minimum absolute atomic E-state index is 0.0321. The second-order valence-electron chi connectivity index (χ2n) is 19.2. The Morgan fingerprint density at radius 3 is 1.79 bits per heavy atom. The fourth-order valence-corrected chi connectivity index (χ4v) is 14.0. The van der Waals surface area contributed by atoms with Crippen LogP contribution in [-0.2, 0) is 16.2 Å². The Bertz CT molecular complexity index is 2430. The number of hydrogen-bond acceptors (Lipinski definition) is 2. The molecule has 0 N–H and O–H groups in total. The van der Waals surface area contributed by atoms with Crippen molar-refractivity contribution in [2.75, 3.05) is 4.90 Å². The van der Waals surface area contributed by atoms with Gasteiger partial charge >= 0.3 is 0 Å². The molecule has 4 bridgehead atoms. The molecular formula is C54H53NS. The fourth-order valence-electron chi connectivity index (χ4n) is 12.7. The van der Waals surface area contributed by atoms with Crippen LogP contribution in [0.25, 0.3) is 22.3 Å². The highest BCUT2D eigenvalue weighted by Crippen LogP contribution is 2.70. The molecule has 0 unspecified atom stereocenters. The molecule has 1 aliphatic heterocycles. The fraction of sp³-hybridized carbons (Fsp3) is 0.333. The third kappa shape index (κ3) is 5.20. The van der Waals surface area contributed by atoms with Crippen LogP contribution in [-0.4, -0.2) is 0 Å². The van der Waals surface area contributed by atoms with Gasteiger partial charge in [0.05, 0.1) is 5.69 Å². The van der Waals surface area contributed by atoms with E-state index in [4.69, 9.17) is 0 Å². The van der Waals surface area contributed by atoms with Crippen molar-refractivity contribution < 1.29 is 0 Å². The van der Waals surface area contributed by atoms with Crippen molar-refractivity contribution in [3.63, 3.8) is 0 Å². The van der Waals surface area contributed by atoms with E-state index in [1.165, 1.54) is 105 Å². The van der Waals surface area contributed by atoms with Crippen molar-refractivity contribution in [3.8, 4) is 22.3 Å². The van der Waals surface area contributed by atoms with Crippen LogP contribution in [0.2, 0.25) is 0 Å². The van der Waals surface area contributed by atoms with Crippen LogP contribution < -0.4 is 4.90 Å². The van der Waals surface area contributed by atoms with Crippen molar-refractivity contribution >= 4 is 28.8 Å². The van der Waals surface area contributed by atoms with Crippen molar-refractivity contribution in [1.29, 1.82) is 0 Å². The smallest absolute Gasteiger partial charge is 0.0502 e. The maximum atomic E-state index is 2.71. The number of rotatable bonds is 5. The first-order valence-corrected chi connectivity index (χ1v) is 22.1. The molecule has 0 amide bonds. The highest BCUT2D eigenvalue weighted by Gasteiger charge is 2.61. The molecule has 5 aliphatic carbocycles. The zero-order valence-electron chi connectivity index (χ0n) is 33.4. The second-order valence-corrected chi connectivity index (χ2v) is 20.3. The molecule has 6 aromatic rings. The number of anilines is 3. The van der Waals surface area contributed by atoms with Crippen molar-refractivity contribution in [1.82, 2.24) is 0 Å². The molecule has 4 saturated carbocycles. The van der Waals surface area contributed by atoms with Crippen LogP contribution >= 0.6 is 11.8 Å². The minimum atomic E-state index is 0.0321. The van der Waals surface area contributed by atoms with Gasteiger partial charge in [-0.15, -0.1) is 0 Å². The summed E-state index contributed by atoms with van der Waals surface area (Å²) >= 11 is 2.04. The predicted molar refractivity (Wildman–Crippen MR) is 236 cm³/mol. The van der Waals surface area contributed by atoms with E-state index in [1.54, 1.807) is 11.1 Å². The summed E-state index contributed by atoms with van der Waals surface area (Å²) < 4.78 is 0. The summed E-state index contributed by atoms with van der Waals surface area (Å²) in [5.74, 6) is 3.15. The lowest BCUT2D eigenvalue weighted by Gasteiger charge is -2.63. The van der Waals surface area contributed by atoms with Crippen LogP contribution in [0, 0.1) is 23.7 Å². The highest BCUT2D eigenvalue weighted by molar-refractivity contribution is 7.99. The largest absolute Gasteiger partial charge is 0.310 e.